The van der Waals surface area contributed by atoms with Gasteiger partial charge in [0.05, 0.1) is 25.2 Å². The predicted octanol–water partition coefficient (Wildman–Crippen LogP) is -1.04. The molecule has 0 spiro atoms. The van der Waals surface area contributed by atoms with Crippen molar-refractivity contribution < 1.29 is 14.6 Å². The molecule has 1 atom stereocenters. The third-order valence-corrected chi connectivity index (χ3v) is 3.07. The molecule has 0 unspecified atom stereocenters. The minimum Gasteiger partial charge on any atom is -0.388 e. The van der Waals surface area contributed by atoms with Gasteiger partial charge in [0.1, 0.15) is 0 Å². The van der Waals surface area contributed by atoms with E-state index in [0.29, 0.717) is 39.3 Å². The van der Waals surface area contributed by atoms with Crippen LogP contribution in [0.5, 0.6) is 0 Å². The number of amides is 1. The predicted molar refractivity (Wildman–Crippen MR) is 54.5 cm³/mol. The maximum atomic E-state index is 11.8. The minimum atomic E-state index is -0.824. The van der Waals surface area contributed by atoms with E-state index in [1.165, 1.54) is 0 Å². The maximum absolute atomic E-state index is 11.8. The number of aliphatic hydroxyl groups is 1. The lowest BCUT2D eigenvalue weighted by atomic mass is 9.98. The SMILES string of the molecule is O=C(C[C@@]1(O)CCNC1)N1CCOCC1. The summed E-state index contributed by atoms with van der Waals surface area (Å²) < 4.78 is 5.18. The normalized spacial score (nSPS) is 31.9. The summed E-state index contributed by atoms with van der Waals surface area (Å²) in [6, 6.07) is 0. The average Bonchev–Trinajstić information content (AvgIpc) is 2.66. The Morgan fingerprint density at radius 3 is 2.80 bits per heavy atom. The Balaban J connectivity index is 1.85. The molecule has 2 aliphatic heterocycles. The average molecular weight is 214 g/mol. The van der Waals surface area contributed by atoms with Crippen molar-refractivity contribution in [3.63, 3.8) is 0 Å². The molecule has 0 aliphatic carbocycles. The Kier molecular flexibility index (Phi) is 3.23. The Morgan fingerprint density at radius 1 is 1.47 bits per heavy atom. The van der Waals surface area contributed by atoms with Crippen LogP contribution in [0.1, 0.15) is 12.8 Å². The van der Waals surface area contributed by atoms with Crippen molar-refractivity contribution in [3.05, 3.63) is 0 Å². The smallest absolute Gasteiger partial charge is 0.225 e. The molecule has 2 rings (SSSR count). The highest BCUT2D eigenvalue weighted by atomic mass is 16.5. The maximum Gasteiger partial charge on any atom is 0.225 e. The number of morpholine rings is 1. The largest absolute Gasteiger partial charge is 0.388 e. The summed E-state index contributed by atoms with van der Waals surface area (Å²) in [6.07, 6.45) is 0.906. The molecule has 0 radical (unpaired) electrons. The van der Waals surface area contributed by atoms with Gasteiger partial charge in [-0.1, -0.05) is 0 Å². The number of ether oxygens (including phenoxy) is 1. The van der Waals surface area contributed by atoms with E-state index < -0.39 is 5.60 Å². The fourth-order valence-electron chi connectivity index (χ4n) is 2.09. The van der Waals surface area contributed by atoms with Crippen molar-refractivity contribution >= 4 is 5.91 Å². The second kappa shape index (κ2) is 4.47. The van der Waals surface area contributed by atoms with Gasteiger partial charge in [0.25, 0.3) is 0 Å². The summed E-state index contributed by atoms with van der Waals surface area (Å²) in [5.41, 5.74) is -0.824. The molecule has 1 amide bonds. The lowest BCUT2D eigenvalue weighted by molar-refractivity contribution is -0.139. The Bertz CT molecular complexity index is 233. The first-order chi connectivity index (χ1) is 7.20. The zero-order valence-electron chi connectivity index (χ0n) is 8.87. The number of nitrogens with zero attached hydrogens (tertiary/aromatic N) is 1. The van der Waals surface area contributed by atoms with E-state index in [9.17, 15) is 9.90 Å². The molecule has 2 aliphatic rings. The first kappa shape index (κ1) is 10.9. The van der Waals surface area contributed by atoms with Gasteiger partial charge in [0, 0.05) is 19.6 Å². The van der Waals surface area contributed by atoms with Crippen molar-refractivity contribution in [1.82, 2.24) is 10.2 Å². The highest BCUT2D eigenvalue weighted by molar-refractivity contribution is 5.77. The molecule has 0 aromatic carbocycles. The van der Waals surface area contributed by atoms with E-state index in [4.69, 9.17) is 4.74 Å². The van der Waals surface area contributed by atoms with Gasteiger partial charge in [-0.15, -0.1) is 0 Å². The van der Waals surface area contributed by atoms with Crippen LogP contribution in [0.3, 0.4) is 0 Å². The quantitative estimate of drug-likeness (QED) is 0.616. The van der Waals surface area contributed by atoms with Crippen LogP contribution in [0.2, 0.25) is 0 Å². The molecule has 15 heavy (non-hydrogen) atoms. The number of carbonyl (C=O) groups excluding carboxylic acids is 1. The molecule has 86 valence electrons. The molecule has 2 heterocycles. The van der Waals surface area contributed by atoms with Gasteiger partial charge in [-0.2, -0.15) is 0 Å². The zero-order chi connectivity index (χ0) is 10.7. The molecule has 0 aromatic rings. The highest BCUT2D eigenvalue weighted by Gasteiger charge is 2.35. The topological polar surface area (TPSA) is 61.8 Å². The van der Waals surface area contributed by atoms with Crippen molar-refractivity contribution in [3.8, 4) is 0 Å². The van der Waals surface area contributed by atoms with Crippen LogP contribution >= 0.6 is 0 Å². The van der Waals surface area contributed by atoms with Crippen LogP contribution in [-0.2, 0) is 9.53 Å². The molecule has 2 N–H and O–H groups in total. The number of rotatable bonds is 2. The fourth-order valence-corrected chi connectivity index (χ4v) is 2.09. The van der Waals surface area contributed by atoms with E-state index in [1.54, 1.807) is 4.90 Å². The second-order valence-corrected chi connectivity index (χ2v) is 4.32. The van der Waals surface area contributed by atoms with E-state index in [0.717, 1.165) is 6.54 Å². The number of β-amino-alcohol motifs (C(OH)–C–C–N with tert-alkyl or cyclic N) is 1. The van der Waals surface area contributed by atoms with Crippen molar-refractivity contribution in [2.75, 3.05) is 39.4 Å². The van der Waals surface area contributed by atoms with Gasteiger partial charge >= 0.3 is 0 Å². The lowest BCUT2D eigenvalue weighted by Crippen LogP contribution is -2.45. The van der Waals surface area contributed by atoms with Crippen LogP contribution < -0.4 is 5.32 Å². The summed E-state index contributed by atoms with van der Waals surface area (Å²) in [5.74, 6) is 0.0458. The van der Waals surface area contributed by atoms with Crippen LogP contribution in [0, 0.1) is 0 Å². The molecule has 5 nitrogen and oxygen atoms in total. The van der Waals surface area contributed by atoms with Gasteiger partial charge < -0.3 is 20.1 Å². The zero-order valence-corrected chi connectivity index (χ0v) is 8.87. The summed E-state index contributed by atoms with van der Waals surface area (Å²) in [4.78, 5) is 13.6. The first-order valence-corrected chi connectivity index (χ1v) is 5.48. The Morgan fingerprint density at radius 2 is 2.20 bits per heavy atom. The third-order valence-electron chi connectivity index (χ3n) is 3.07. The van der Waals surface area contributed by atoms with Crippen LogP contribution in [0.25, 0.3) is 0 Å². The molecular weight excluding hydrogens is 196 g/mol. The number of hydrogen-bond acceptors (Lipinski definition) is 4. The van der Waals surface area contributed by atoms with E-state index in [2.05, 4.69) is 5.32 Å². The van der Waals surface area contributed by atoms with Gasteiger partial charge in [0.2, 0.25) is 5.91 Å². The Labute approximate surface area is 89.4 Å². The van der Waals surface area contributed by atoms with Gasteiger partial charge in [-0.25, -0.2) is 0 Å². The van der Waals surface area contributed by atoms with Crippen LogP contribution in [0.15, 0.2) is 0 Å². The number of nitrogens with one attached hydrogen (secondary N) is 1. The highest BCUT2D eigenvalue weighted by Crippen LogP contribution is 2.20. The van der Waals surface area contributed by atoms with Crippen LogP contribution in [0.4, 0.5) is 0 Å². The summed E-state index contributed by atoms with van der Waals surface area (Å²) in [7, 11) is 0. The summed E-state index contributed by atoms with van der Waals surface area (Å²) >= 11 is 0. The number of hydrogen-bond donors (Lipinski definition) is 2. The monoisotopic (exact) mass is 214 g/mol. The van der Waals surface area contributed by atoms with Gasteiger partial charge in [0.15, 0.2) is 0 Å². The van der Waals surface area contributed by atoms with Gasteiger partial charge in [-0.05, 0) is 13.0 Å². The standard InChI is InChI=1S/C10H18N2O3/c13-9(12-3-5-15-6-4-12)7-10(14)1-2-11-8-10/h11,14H,1-8H2/t10-/m0/s1. The molecule has 2 saturated heterocycles. The number of carbonyl (C=O) groups is 1. The molecule has 0 saturated carbocycles. The molecular formula is C10H18N2O3. The first-order valence-electron chi connectivity index (χ1n) is 5.48. The minimum absolute atomic E-state index is 0.0458. The molecule has 5 heteroatoms. The summed E-state index contributed by atoms with van der Waals surface area (Å²) in [6.45, 7) is 3.87. The Hall–Kier alpha value is -0.650. The van der Waals surface area contributed by atoms with Crippen LogP contribution in [-0.4, -0.2) is 60.9 Å². The van der Waals surface area contributed by atoms with E-state index >= 15 is 0 Å². The molecule has 2 fully saturated rings. The third kappa shape index (κ3) is 2.68. The lowest BCUT2D eigenvalue weighted by Gasteiger charge is -2.30. The van der Waals surface area contributed by atoms with Crippen molar-refractivity contribution in [1.29, 1.82) is 0 Å². The molecule has 0 bridgehead atoms. The fraction of sp³-hybridized carbons (Fsp3) is 0.900. The van der Waals surface area contributed by atoms with E-state index in [-0.39, 0.29) is 12.3 Å². The van der Waals surface area contributed by atoms with E-state index in [1.807, 2.05) is 0 Å². The summed E-state index contributed by atoms with van der Waals surface area (Å²) in [5, 5.41) is 13.1. The van der Waals surface area contributed by atoms with Crippen molar-refractivity contribution in [2.45, 2.75) is 18.4 Å². The molecule has 0 aromatic heterocycles. The van der Waals surface area contributed by atoms with Crippen molar-refractivity contribution in [2.24, 2.45) is 0 Å². The van der Waals surface area contributed by atoms with Gasteiger partial charge in [-0.3, -0.25) is 4.79 Å². The second-order valence-electron chi connectivity index (χ2n) is 4.32.